The van der Waals surface area contributed by atoms with Crippen LogP contribution in [0.25, 0.3) is 6.08 Å². The summed E-state index contributed by atoms with van der Waals surface area (Å²) in [4.78, 5) is 11.7. The van der Waals surface area contributed by atoms with Crippen molar-refractivity contribution in [3.8, 4) is 0 Å². The molecule has 0 saturated heterocycles. The van der Waals surface area contributed by atoms with Crippen molar-refractivity contribution in [2.45, 2.75) is 38.1 Å². The quantitative estimate of drug-likeness (QED) is 0.749. The number of rotatable bonds is 7. The first-order valence-electron chi connectivity index (χ1n) is 7.56. The third-order valence-electron chi connectivity index (χ3n) is 3.62. The van der Waals surface area contributed by atoms with Gasteiger partial charge in [-0.05, 0) is 18.4 Å². The van der Waals surface area contributed by atoms with Crippen molar-refractivity contribution in [2.24, 2.45) is 0 Å². The van der Waals surface area contributed by atoms with Crippen LogP contribution in [0.5, 0.6) is 0 Å². The molecule has 1 aliphatic rings. The Labute approximate surface area is 121 Å². The Morgan fingerprint density at radius 3 is 2.70 bits per heavy atom. The lowest BCUT2D eigenvalue weighted by Crippen LogP contribution is -2.34. The summed E-state index contributed by atoms with van der Waals surface area (Å²) < 4.78 is 0. The van der Waals surface area contributed by atoms with Crippen LogP contribution in [0.3, 0.4) is 0 Å². The van der Waals surface area contributed by atoms with Gasteiger partial charge in [0.2, 0.25) is 5.91 Å². The number of amides is 1. The van der Waals surface area contributed by atoms with E-state index in [1.54, 1.807) is 0 Å². The highest BCUT2D eigenvalue weighted by Crippen LogP contribution is 2.17. The first-order chi connectivity index (χ1) is 9.84. The smallest absolute Gasteiger partial charge is 0.221 e. The molecule has 0 radical (unpaired) electrons. The average Bonchev–Trinajstić information content (AvgIpc) is 2.96. The molecule has 1 saturated carbocycles. The molecule has 1 amide bonds. The number of hydrogen-bond donors (Lipinski definition) is 2. The molecule has 1 aromatic carbocycles. The lowest BCUT2D eigenvalue weighted by atomic mass is 10.2. The fourth-order valence-electron chi connectivity index (χ4n) is 2.52. The highest BCUT2D eigenvalue weighted by atomic mass is 16.1. The topological polar surface area (TPSA) is 41.1 Å². The number of benzene rings is 1. The molecule has 2 rings (SSSR count). The van der Waals surface area contributed by atoms with Crippen molar-refractivity contribution >= 4 is 12.0 Å². The minimum atomic E-state index is 0.177. The van der Waals surface area contributed by atoms with E-state index in [9.17, 15) is 4.79 Å². The van der Waals surface area contributed by atoms with E-state index in [4.69, 9.17) is 0 Å². The maximum atomic E-state index is 11.7. The van der Waals surface area contributed by atoms with Crippen LogP contribution in [0.2, 0.25) is 0 Å². The summed E-state index contributed by atoms with van der Waals surface area (Å²) >= 11 is 0. The average molecular weight is 272 g/mol. The van der Waals surface area contributed by atoms with Crippen LogP contribution in [0, 0.1) is 0 Å². The largest absolute Gasteiger partial charge is 0.353 e. The van der Waals surface area contributed by atoms with E-state index < -0.39 is 0 Å². The van der Waals surface area contributed by atoms with Gasteiger partial charge in [-0.1, -0.05) is 55.3 Å². The van der Waals surface area contributed by atoms with Gasteiger partial charge in [0.1, 0.15) is 0 Å². The van der Waals surface area contributed by atoms with Gasteiger partial charge in [-0.3, -0.25) is 4.79 Å². The van der Waals surface area contributed by atoms with E-state index in [1.165, 1.54) is 18.4 Å². The van der Waals surface area contributed by atoms with Gasteiger partial charge in [0, 0.05) is 25.6 Å². The fourth-order valence-corrected chi connectivity index (χ4v) is 2.52. The van der Waals surface area contributed by atoms with Crippen molar-refractivity contribution in [1.82, 2.24) is 10.6 Å². The van der Waals surface area contributed by atoms with Crippen molar-refractivity contribution in [3.05, 3.63) is 42.0 Å². The summed E-state index contributed by atoms with van der Waals surface area (Å²) in [6, 6.07) is 10.6. The third-order valence-corrected chi connectivity index (χ3v) is 3.62. The van der Waals surface area contributed by atoms with Crippen LogP contribution in [0.1, 0.15) is 37.7 Å². The summed E-state index contributed by atoms with van der Waals surface area (Å²) in [5.41, 5.74) is 1.20. The molecule has 2 N–H and O–H groups in total. The molecule has 3 heteroatoms. The minimum Gasteiger partial charge on any atom is -0.353 e. The van der Waals surface area contributed by atoms with E-state index in [2.05, 4.69) is 34.9 Å². The SMILES string of the molecule is O=C(CCNC/C=C/c1ccccc1)NC1CCCC1. The molecule has 1 aliphatic carbocycles. The normalized spacial score (nSPS) is 15.8. The standard InChI is InChI=1S/C17H24N2O/c20-17(19-16-10-4-5-11-16)12-14-18-13-6-9-15-7-2-1-3-8-15/h1-3,6-9,16,18H,4-5,10-14H2,(H,19,20)/b9-6+. The Hall–Kier alpha value is -1.61. The Balaban J connectivity index is 1.53. The zero-order chi connectivity index (χ0) is 14.0. The van der Waals surface area contributed by atoms with Crippen LogP contribution in [-0.2, 0) is 4.79 Å². The van der Waals surface area contributed by atoms with Gasteiger partial charge in [-0.25, -0.2) is 0 Å². The zero-order valence-electron chi connectivity index (χ0n) is 12.0. The molecule has 0 aliphatic heterocycles. The van der Waals surface area contributed by atoms with Crippen molar-refractivity contribution < 1.29 is 4.79 Å². The van der Waals surface area contributed by atoms with Crippen LogP contribution >= 0.6 is 0 Å². The Morgan fingerprint density at radius 1 is 1.20 bits per heavy atom. The second-order valence-corrected chi connectivity index (χ2v) is 5.32. The predicted octanol–water partition coefficient (Wildman–Crippen LogP) is 2.74. The molecule has 0 bridgehead atoms. The molecule has 0 heterocycles. The van der Waals surface area contributed by atoms with Crippen LogP contribution in [0.15, 0.2) is 36.4 Å². The Morgan fingerprint density at radius 2 is 1.95 bits per heavy atom. The highest BCUT2D eigenvalue weighted by Gasteiger charge is 2.16. The highest BCUT2D eigenvalue weighted by molar-refractivity contribution is 5.76. The molecule has 20 heavy (non-hydrogen) atoms. The fraction of sp³-hybridized carbons (Fsp3) is 0.471. The van der Waals surface area contributed by atoms with Gasteiger partial charge in [0.15, 0.2) is 0 Å². The number of carbonyl (C=O) groups is 1. The van der Waals surface area contributed by atoms with E-state index in [1.807, 2.05) is 18.2 Å². The first kappa shape index (κ1) is 14.8. The zero-order valence-corrected chi connectivity index (χ0v) is 12.0. The predicted molar refractivity (Wildman–Crippen MR) is 83.4 cm³/mol. The first-order valence-corrected chi connectivity index (χ1v) is 7.56. The van der Waals surface area contributed by atoms with Crippen LogP contribution < -0.4 is 10.6 Å². The van der Waals surface area contributed by atoms with Crippen LogP contribution in [0.4, 0.5) is 0 Å². The second-order valence-electron chi connectivity index (χ2n) is 5.32. The van der Waals surface area contributed by atoms with Gasteiger partial charge in [-0.2, -0.15) is 0 Å². The molecular weight excluding hydrogens is 248 g/mol. The third kappa shape index (κ3) is 5.57. The summed E-state index contributed by atoms with van der Waals surface area (Å²) in [6.07, 6.45) is 9.56. The Bertz CT molecular complexity index is 422. The molecule has 108 valence electrons. The number of nitrogens with one attached hydrogen (secondary N) is 2. The van der Waals surface area contributed by atoms with Gasteiger partial charge < -0.3 is 10.6 Å². The van der Waals surface area contributed by atoms with E-state index in [0.29, 0.717) is 12.5 Å². The van der Waals surface area contributed by atoms with Gasteiger partial charge in [0.05, 0.1) is 0 Å². The van der Waals surface area contributed by atoms with E-state index >= 15 is 0 Å². The summed E-state index contributed by atoms with van der Waals surface area (Å²) in [5.74, 6) is 0.177. The number of carbonyl (C=O) groups excluding carboxylic acids is 1. The summed E-state index contributed by atoms with van der Waals surface area (Å²) in [5, 5.41) is 6.36. The van der Waals surface area contributed by atoms with Crippen molar-refractivity contribution in [2.75, 3.05) is 13.1 Å². The molecule has 1 fully saturated rings. The maximum absolute atomic E-state index is 11.7. The molecule has 0 atom stereocenters. The molecule has 0 spiro atoms. The summed E-state index contributed by atoms with van der Waals surface area (Å²) in [7, 11) is 0. The van der Waals surface area contributed by atoms with Gasteiger partial charge in [0.25, 0.3) is 0 Å². The minimum absolute atomic E-state index is 0.177. The lowest BCUT2D eigenvalue weighted by molar-refractivity contribution is -0.121. The van der Waals surface area contributed by atoms with Crippen molar-refractivity contribution in [3.63, 3.8) is 0 Å². The molecule has 3 nitrogen and oxygen atoms in total. The van der Waals surface area contributed by atoms with Gasteiger partial charge >= 0.3 is 0 Å². The molecule has 0 unspecified atom stereocenters. The second kappa shape index (κ2) is 8.54. The maximum Gasteiger partial charge on any atom is 0.221 e. The monoisotopic (exact) mass is 272 g/mol. The Kier molecular flexibility index (Phi) is 6.32. The van der Waals surface area contributed by atoms with E-state index in [-0.39, 0.29) is 5.91 Å². The van der Waals surface area contributed by atoms with Crippen LogP contribution in [-0.4, -0.2) is 25.0 Å². The molecular formula is C17H24N2O. The lowest BCUT2D eigenvalue weighted by Gasteiger charge is -2.11. The van der Waals surface area contributed by atoms with Crippen molar-refractivity contribution in [1.29, 1.82) is 0 Å². The summed E-state index contributed by atoms with van der Waals surface area (Å²) in [6.45, 7) is 1.53. The van der Waals surface area contributed by atoms with E-state index in [0.717, 1.165) is 25.9 Å². The number of hydrogen-bond acceptors (Lipinski definition) is 2. The molecule has 0 aromatic heterocycles. The molecule has 1 aromatic rings. The van der Waals surface area contributed by atoms with Gasteiger partial charge in [-0.15, -0.1) is 0 Å².